The van der Waals surface area contributed by atoms with Gasteiger partial charge in [0.25, 0.3) is 0 Å². The molecule has 0 spiro atoms. The summed E-state index contributed by atoms with van der Waals surface area (Å²) >= 11 is 1.83. The molecular formula is C58H34S. The van der Waals surface area contributed by atoms with Crippen LogP contribution in [0.3, 0.4) is 0 Å². The number of thiophene rings is 1. The predicted molar refractivity (Wildman–Crippen MR) is 256 cm³/mol. The van der Waals surface area contributed by atoms with Crippen LogP contribution >= 0.6 is 11.3 Å². The molecule has 59 heavy (non-hydrogen) atoms. The van der Waals surface area contributed by atoms with Gasteiger partial charge in [-0.2, -0.15) is 0 Å². The number of rotatable bonds is 5. The van der Waals surface area contributed by atoms with Gasteiger partial charge in [-0.1, -0.05) is 176 Å². The molecule has 0 bridgehead atoms. The Hall–Kier alpha value is -7.32. The summed E-state index contributed by atoms with van der Waals surface area (Å²) in [6, 6.07) is 74.8. The standard InChI is InChI=1S/C58H34S/c1-2-16-54-49(15-1)53(34-59-54)48-27-21-39-23-29-51-47(26-20-38-24-30-52(48)58(39)57(38)51)45-14-6-12-43(33-45)41-10-4-9-40(31-41)42-11-5-13-44(32-42)46-25-19-37-18-17-35-7-3-8-36-22-28-50(46)56(37)55(35)36/h1-34H. The fourth-order valence-electron chi connectivity index (χ4n) is 10.1. The lowest BCUT2D eigenvalue weighted by atomic mass is 9.87. The van der Waals surface area contributed by atoms with Gasteiger partial charge in [-0.05, 0) is 144 Å². The van der Waals surface area contributed by atoms with Gasteiger partial charge in [0.1, 0.15) is 0 Å². The van der Waals surface area contributed by atoms with E-state index >= 15 is 0 Å². The zero-order valence-corrected chi connectivity index (χ0v) is 32.9. The summed E-state index contributed by atoms with van der Waals surface area (Å²) < 4.78 is 1.33. The molecule has 0 unspecified atom stereocenters. The van der Waals surface area contributed by atoms with Gasteiger partial charge in [0.2, 0.25) is 0 Å². The van der Waals surface area contributed by atoms with E-state index in [1.807, 2.05) is 11.3 Å². The molecule has 0 N–H and O–H groups in total. The quantitative estimate of drug-likeness (QED) is 0.153. The van der Waals surface area contributed by atoms with E-state index in [-0.39, 0.29) is 0 Å². The highest BCUT2D eigenvalue weighted by atomic mass is 32.1. The molecule has 0 fully saturated rings. The topological polar surface area (TPSA) is 0 Å². The normalized spacial score (nSPS) is 12.1. The Morgan fingerprint density at radius 2 is 0.627 bits per heavy atom. The fourth-order valence-corrected chi connectivity index (χ4v) is 11.0. The average molecular weight is 763 g/mol. The van der Waals surface area contributed by atoms with Crippen LogP contribution in [0.2, 0.25) is 0 Å². The molecule has 0 aliphatic rings. The Morgan fingerprint density at radius 3 is 1.19 bits per heavy atom. The van der Waals surface area contributed by atoms with Crippen molar-refractivity contribution in [3.8, 4) is 55.6 Å². The van der Waals surface area contributed by atoms with Gasteiger partial charge in [0.05, 0.1) is 0 Å². The Kier molecular flexibility index (Phi) is 6.98. The maximum absolute atomic E-state index is 2.37. The van der Waals surface area contributed by atoms with Crippen molar-refractivity contribution >= 4 is 86.1 Å². The van der Waals surface area contributed by atoms with Crippen LogP contribution < -0.4 is 0 Å². The van der Waals surface area contributed by atoms with Gasteiger partial charge in [-0.25, -0.2) is 0 Å². The van der Waals surface area contributed by atoms with Crippen molar-refractivity contribution < 1.29 is 0 Å². The molecular weight excluding hydrogens is 729 g/mol. The number of hydrogen-bond acceptors (Lipinski definition) is 1. The number of hydrogen-bond donors (Lipinski definition) is 0. The molecule has 0 nitrogen and oxygen atoms in total. The van der Waals surface area contributed by atoms with E-state index in [0.29, 0.717) is 0 Å². The fraction of sp³-hybridized carbons (Fsp3) is 0. The van der Waals surface area contributed by atoms with Gasteiger partial charge < -0.3 is 0 Å². The van der Waals surface area contributed by atoms with Crippen LogP contribution in [0.1, 0.15) is 0 Å². The lowest BCUT2D eigenvalue weighted by Gasteiger charge is -2.17. The second-order valence-corrected chi connectivity index (χ2v) is 16.9. The molecule has 13 aromatic rings. The predicted octanol–water partition coefficient (Wildman–Crippen LogP) is 17.0. The minimum absolute atomic E-state index is 1.21. The third kappa shape index (κ3) is 4.96. The molecule has 0 atom stereocenters. The first-order valence-corrected chi connectivity index (χ1v) is 21.3. The molecule has 1 heteroatoms. The van der Waals surface area contributed by atoms with Crippen molar-refractivity contribution in [2.75, 3.05) is 0 Å². The van der Waals surface area contributed by atoms with E-state index in [9.17, 15) is 0 Å². The third-order valence-corrected chi connectivity index (χ3v) is 13.8. The Labute approximate surface area is 345 Å². The van der Waals surface area contributed by atoms with Crippen molar-refractivity contribution in [1.82, 2.24) is 0 Å². The summed E-state index contributed by atoms with van der Waals surface area (Å²) in [5.74, 6) is 0. The highest BCUT2D eigenvalue weighted by Gasteiger charge is 2.18. The van der Waals surface area contributed by atoms with Gasteiger partial charge in [-0.3, -0.25) is 0 Å². The summed E-state index contributed by atoms with van der Waals surface area (Å²) in [4.78, 5) is 0. The number of benzene rings is 12. The summed E-state index contributed by atoms with van der Waals surface area (Å²) in [6.45, 7) is 0. The van der Waals surface area contributed by atoms with Gasteiger partial charge in [0, 0.05) is 15.6 Å². The van der Waals surface area contributed by atoms with Crippen molar-refractivity contribution in [3.05, 3.63) is 206 Å². The Balaban J connectivity index is 0.896. The summed E-state index contributed by atoms with van der Waals surface area (Å²) in [5.41, 5.74) is 12.5. The molecule has 1 heterocycles. The molecule has 0 saturated heterocycles. The van der Waals surface area contributed by atoms with Gasteiger partial charge in [0.15, 0.2) is 0 Å². The first-order valence-electron chi connectivity index (χ1n) is 20.4. The monoisotopic (exact) mass is 762 g/mol. The Morgan fingerprint density at radius 1 is 0.237 bits per heavy atom. The van der Waals surface area contributed by atoms with Crippen LogP contribution in [-0.4, -0.2) is 0 Å². The van der Waals surface area contributed by atoms with Crippen molar-refractivity contribution in [2.24, 2.45) is 0 Å². The minimum Gasteiger partial charge on any atom is -0.143 e. The van der Waals surface area contributed by atoms with Gasteiger partial charge in [-0.15, -0.1) is 11.3 Å². The zero-order valence-electron chi connectivity index (χ0n) is 32.0. The van der Waals surface area contributed by atoms with Crippen molar-refractivity contribution in [2.45, 2.75) is 0 Å². The lowest BCUT2D eigenvalue weighted by Crippen LogP contribution is -1.90. The molecule has 0 radical (unpaired) electrons. The maximum Gasteiger partial charge on any atom is 0.0349 e. The first-order chi connectivity index (χ1) is 29.2. The summed E-state index contributed by atoms with van der Waals surface area (Å²) in [6.07, 6.45) is 0. The molecule has 0 saturated carbocycles. The van der Waals surface area contributed by atoms with Crippen molar-refractivity contribution in [1.29, 1.82) is 0 Å². The van der Waals surface area contributed by atoms with Crippen LogP contribution in [0.5, 0.6) is 0 Å². The van der Waals surface area contributed by atoms with Crippen LogP contribution in [0, 0.1) is 0 Å². The number of fused-ring (bicyclic) bond motifs is 1. The van der Waals surface area contributed by atoms with E-state index < -0.39 is 0 Å². The molecule has 0 amide bonds. The lowest BCUT2D eigenvalue weighted by molar-refractivity contribution is 1.58. The molecule has 0 aliphatic carbocycles. The molecule has 1 aromatic heterocycles. The van der Waals surface area contributed by atoms with Crippen molar-refractivity contribution in [3.63, 3.8) is 0 Å². The Bertz CT molecular complexity index is 3770. The van der Waals surface area contributed by atoms with Crippen LogP contribution in [0.15, 0.2) is 206 Å². The average Bonchev–Trinajstić information content (AvgIpc) is 3.74. The SMILES string of the molecule is c1cc(-c2cccc(-c3ccc4ccc5cccc6ccc3c4c56)c2)cc(-c2cccc(-c3ccc4ccc5c(-c6csc7ccccc67)ccc6ccc3c4c65)c2)c1. The van der Waals surface area contributed by atoms with Crippen LogP contribution in [0.25, 0.3) is 130 Å². The van der Waals surface area contributed by atoms with E-state index in [2.05, 4.69) is 206 Å². The largest absolute Gasteiger partial charge is 0.143 e. The van der Waals surface area contributed by atoms with E-state index in [1.165, 1.54) is 130 Å². The second-order valence-electron chi connectivity index (χ2n) is 16.0. The van der Waals surface area contributed by atoms with E-state index in [4.69, 9.17) is 0 Å². The second kappa shape index (κ2) is 12.6. The molecule has 13 rings (SSSR count). The molecule has 272 valence electrons. The van der Waals surface area contributed by atoms with Gasteiger partial charge >= 0.3 is 0 Å². The molecule has 0 aliphatic heterocycles. The van der Waals surface area contributed by atoms with Crippen LogP contribution in [-0.2, 0) is 0 Å². The minimum atomic E-state index is 1.21. The summed E-state index contributed by atoms with van der Waals surface area (Å²) in [5, 5.41) is 19.4. The highest BCUT2D eigenvalue weighted by Crippen LogP contribution is 2.45. The third-order valence-electron chi connectivity index (χ3n) is 12.8. The maximum atomic E-state index is 2.37. The highest BCUT2D eigenvalue weighted by molar-refractivity contribution is 7.17. The summed E-state index contributed by atoms with van der Waals surface area (Å²) in [7, 11) is 0. The zero-order chi connectivity index (χ0) is 38.6. The molecule has 12 aromatic carbocycles. The smallest absolute Gasteiger partial charge is 0.0349 e. The van der Waals surface area contributed by atoms with E-state index in [1.54, 1.807) is 0 Å². The van der Waals surface area contributed by atoms with E-state index in [0.717, 1.165) is 0 Å². The van der Waals surface area contributed by atoms with Crippen LogP contribution in [0.4, 0.5) is 0 Å². The first kappa shape index (κ1) is 32.7.